The van der Waals surface area contributed by atoms with Crippen LogP contribution in [0.5, 0.6) is 5.75 Å². The molecule has 0 aliphatic heterocycles. The van der Waals surface area contributed by atoms with Crippen LogP contribution in [0.4, 0.5) is 5.69 Å². The Labute approximate surface area is 168 Å². The summed E-state index contributed by atoms with van der Waals surface area (Å²) in [6, 6.07) is 17.2. The molecule has 28 heavy (non-hydrogen) atoms. The van der Waals surface area contributed by atoms with Crippen LogP contribution in [0.2, 0.25) is 0 Å². The molecule has 2 aromatic rings. The largest absolute Gasteiger partial charge is 0.497 e. The fraction of sp³-hybridized carbons (Fsp3) is 0.435. The predicted molar refractivity (Wildman–Crippen MR) is 113 cm³/mol. The molecule has 150 valence electrons. The second-order valence-corrected chi connectivity index (χ2v) is 7.94. The number of quaternary nitrogens is 1. The van der Waals surface area contributed by atoms with Gasteiger partial charge in [-0.05, 0) is 42.0 Å². The number of nitrogens with zero attached hydrogens (tertiary/aromatic N) is 2. The fourth-order valence-electron chi connectivity index (χ4n) is 3.44. The molecule has 1 unspecified atom stereocenters. The van der Waals surface area contributed by atoms with E-state index in [-0.39, 0.29) is 5.91 Å². The monoisotopic (exact) mass is 382 g/mol. The van der Waals surface area contributed by atoms with Crippen molar-refractivity contribution in [1.82, 2.24) is 4.90 Å². The van der Waals surface area contributed by atoms with Gasteiger partial charge in [0.25, 0.3) is 5.91 Å². The molecule has 5 heteroatoms. The van der Waals surface area contributed by atoms with Gasteiger partial charge in [-0.3, -0.25) is 4.79 Å². The van der Waals surface area contributed by atoms with E-state index in [1.54, 1.807) is 7.11 Å². The first kappa shape index (κ1) is 20.2. The summed E-state index contributed by atoms with van der Waals surface area (Å²) >= 11 is 0. The number of ether oxygens (including phenoxy) is 1. The number of likely N-dealkylation sites (N-methyl/N-ethyl adjacent to an activating group) is 1. The Morgan fingerprint density at radius 3 is 2.14 bits per heavy atom. The molecule has 1 aliphatic rings. The molecule has 0 spiro atoms. The summed E-state index contributed by atoms with van der Waals surface area (Å²) in [5.74, 6) is 1.07. The first-order valence-corrected chi connectivity index (χ1v) is 9.94. The normalized spacial score (nSPS) is 14.4. The van der Waals surface area contributed by atoms with Gasteiger partial charge in [-0.1, -0.05) is 12.1 Å². The molecule has 0 radical (unpaired) electrons. The Morgan fingerprint density at radius 2 is 1.61 bits per heavy atom. The van der Waals surface area contributed by atoms with E-state index in [9.17, 15) is 4.79 Å². The van der Waals surface area contributed by atoms with Gasteiger partial charge in [0.2, 0.25) is 0 Å². The summed E-state index contributed by atoms with van der Waals surface area (Å²) in [5, 5.41) is 0. The summed E-state index contributed by atoms with van der Waals surface area (Å²) in [4.78, 5) is 18.1. The minimum atomic E-state index is 0.201. The topological polar surface area (TPSA) is 37.2 Å². The number of hydrogen-bond donors (Lipinski definition) is 1. The summed E-state index contributed by atoms with van der Waals surface area (Å²) in [7, 11) is 7.64. The summed E-state index contributed by atoms with van der Waals surface area (Å²) in [6.45, 7) is 2.07. The molecule has 0 bridgehead atoms. The lowest BCUT2D eigenvalue weighted by atomic mass is 10.2. The van der Waals surface area contributed by atoms with Crippen LogP contribution in [0.3, 0.4) is 0 Å². The average molecular weight is 383 g/mol. The van der Waals surface area contributed by atoms with Crippen LogP contribution >= 0.6 is 0 Å². The van der Waals surface area contributed by atoms with E-state index < -0.39 is 0 Å². The van der Waals surface area contributed by atoms with Crippen LogP contribution in [0, 0.1) is 0 Å². The number of hydrogen-bond acceptors (Lipinski definition) is 3. The molecule has 5 nitrogen and oxygen atoms in total. The standard InChI is InChI=1S/C23H31N3O2/c1-24(2)20-9-5-18(6-10-20)15-25(3)23(27)17-26(21-11-12-21)16-19-7-13-22(28-4)14-8-19/h5-10,13-14,21H,11-12,15-17H2,1-4H3/p+1. The zero-order chi connectivity index (χ0) is 20.1. The highest BCUT2D eigenvalue weighted by Gasteiger charge is 2.35. The van der Waals surface area contributed by atoms with Crippen molar-refractivity contribution in [3.05, 3.63) is 59.7 Å². The van der Waals surface area contributed by atoms with Gasteiger partial charge in [0.15, 0.2) is 6.54 Å². The number of benzene rings is 2. The number of amides is 1. The average Bonchev–Trinajstić information content (AvgIpc) is 3.53. The molecule has 0 aromatic heterocycles. The molecular weight excluding hydrogens is 350 g/mol. The number of anilines is 1. The van der Waals surface area contributed by atoms with Crippen LogP contribution in [0.25, 0.3) is 0 Å². The second-order valence-electron chi connectivity index (χ2n) is 7.94. The number of methoxy groups -OCH3 is 1. The van der Waals surface area contributed by atoms with Crippen LogP contribution in [-0.2, 0) is 17.9 Å². The van der Waals surface area contributed by atoms with Gasteiger partial charge < -0.3 is 19.4 Å². The van der Waals surface area contributed by atoms with Crippen molar-refractivity contribution in [2.24, 2.45) is 0 Å². The number of carbonyl (C=O) groups is 1. The molecule has 2 aromatic carbocycles. The summed E-state index contributed by atoms with van der Waals surface area (Å²) in [6.07, 6.45) is 2.43. The maximum atomic E-state index is 12.8. The maximum Gasteiger partial charge on any atom is 0.277 e. The Morgan fingerprint density at radius 1 is 1.00 bits per heavy atom. The van der Waals surface area contributed by atoms with Gasteiger partial charge in [0.05, 0.1) is 13.2 Å². The van der Waals surface area contributed by atoms with E-state index in [0.717, 1.165) is 17.9 Å². The summed E-state index contributed by atoms with van der Waals surface area (Å²) in [5.41, 5.74) is 3.57. The minimum absolute atomic E-state index is 0.201. The van der Waals surface area contributed by atoms with Crippen LogP contribution < -0.4 is 14.5 Å². The molecule has 1 fully saturated rings. The third-order valence-electron chi connectivity index (χ3n) is 5.42. The first-order chi connectivity index (χ1) is 13.5. The van der Waals surface area contributed by atoms with E-state index in [1.165, 1.54) is 29.0 Å². The highest BCUT2D eigenvalue weighted by Crippen LogP contribution is 2.17. The van der Waals surface area contributed by atoms with Gasteiger partial charge in [-0.2, -0.15) is 0 Å². The maximum absolute atomic E-state index is 12.8. The quantitative estimate of drug-likeness (QED) is 0.721. The Balaban J connectivity index is 1.57. The van der Waals surface area contributed by atoms with Crippen molar-refractivity contribution >= 4 is 11.6 Å². The molecule has 1 N–H and O–H groups in total. The smallest absolute Gasteiger partial charge is 0.277 e. The zero-order valence-electron chi connectivity index (χ0n) is 17.4. The van der Waals surface area contributed by atoms with Gasteiger partial charge in [-0.25, -0.2) is 0 Å². The molecule has 1 aliphatic carbocycles. The van der Waals surface area contributed by atoms with Crippen LogP contribution in [0.1, 0.15) is 24.0 Å². The molecule has 0 heterocycles. The number of carbonyl (C=O) groups excluding carboxylic acids is 1. The Hall–Kier alpha value is -2.53. The van der Waals surface area contributed by atoms with Crippen LogP contribution in [0.15, 0.2) is 48.5 Å². The lowest BCUT2D eigenvalue weighted by Gasteiger charge is -2.23. The molecule has 1 amide bonds. The number of rotatable bonds is 9. The third kappa shape index (κ3) is 5.49. The highest BCUT2D eigenvalue weighted by molar-refractivity contribution is 5.76. The highest BCUT2D eigenvalue weighted by atomic mass is 16.5. The van der Waals surface area contributed by atoms with Crippen LogP contribution in [-0.4, -0.2) is 51.6 Å². The Kier molecular flexibility index (Phi) is 6.57. The van der Waals surface area contributed by atoms with E-state index in [1.807, 2.05) is 38.2 Å². The lowest BCUT2D eigenvalue weighted by molar-refractivity contribution is -0.917. The predicted octanol–water partition coefficient (Wildman–Crippen LogP) is 1.97. The van der Waals surface area contributed by atoms with Crippen molar-refractivity contribution in [3.63, 3.8) is 0 Å². The van der Waals surface area contributed by atoms with Gasteiger partial charge >= 0.3 is 0 Å². The van der Waals surface area contributed by atoms with Crippen molar-refractivity contribution in [2.75, 3.05) is 39.7 Å². The van der Waals surface area contributed by atoms with E-state index in [0.29, 0.717) is 19.1 Å². The summed E-state index contributed by atoms with van der Waals surface area (Å²) < 4.78 is 5.24. The van der Waals surface area contributed by atoms with Crippen molar-refractivity contribution < 1.29 is 14.4 Å². The van der Waals surface area contributed by atoms with E-state index in [2.05, 4.69) is 41.3 Å². The van der Waals surface area contributed by atoms with E-state index in [4.69, 9.17) is 4.74 Å². The van der Waals surface area contributed by atoms with Crippen molar-refractivity contribution in [3.8, 4) is 5.75 Å². The first-order valence-electron chi connectivity index (χ1n) is 9.94. The minimum Gasteiger partial charge on any atom is -0.497 e. The Bertz CT molecular complexity index is 767. The molecular formula is C23H32N3O2+. The lowest BCUT2D eigenvalue weighted by Crippen LogP contribution is -3.13. The molecule has 1 atom stereocenters. The van der Waals surface area contributed by atoms with Crippen molar-refractivity contribution in [1.29, 1.82) is 0 Å². The zero-order valence-corrected chi connectivity index (χ0v) is 17.4. The number of nitrogens with one attached hydrogen (secondary N) is 1. The van der Waals surface area contributed by atoms with Gasteiger partial charge in [0.1, 0.15) is 12.3 Å². The van der Waals surface area contributed by atoms with Gasteiger partial charge in [-0.15, -0.1) is 0 Å². The molecule has 0 saturated heterocycles. The third-order valence-corrected chi connectivity index (χ3v) is 5.42. The van der Waals surface area contributed by atoms with E-state index >= 15 is 0 Å². The molecule has 1 saturated carbocycles. The molecule has 3 rings (SSSR count). The fourth-order valence-corrected chi connectivity index (χ4v) is 3.44. The van der Waals surface area contributed by atoms with Crippen molar-refractivity contribution in [2.45, 2.75) is 32.0 Å². The van der Waals surface area contributed by atoms with Gasteiger partial charge in [0, 0.05) is 51.8 Å². The SMILES string of the molecule is COc1ccc(C[NH+](CC(=O)N(C)Cc2ccc(N(C)C)cc2)C2CC2)cc1. The second kappa shape index (κ2) is 9.11.